The molecule has 0 amide bonds. The van der Waals surface area contributed by atoms with E-state index in [1.807, 2.05) is 0 Å². The lowest BCUT2D eigenvalue weighted by Crippen LogP contribution is -2.52. The van der Waals surface area contributed by atoms with Gasteiger partial charge in [-0.15, -0.1) is 0 Å². The van der Waals surface area contributed by atoms with Gasteiger partial charge in [0, 0.05) is 12.8 Å². The van der Waals surface area contributed by atoms with Gasteiger partial charge in [-0.1, -0.05) is 0 Å². The molecular weight excluding hydrogens is 300 g/mol. The van der Waals surface area contributed by atoms with Crippen LogP contribution in [0.25, 0.3) is 0 Å². The Hall–Kier alpha value is -0.810. The first-order chi connectivity index (χ1) is 10.1. The van der Waals surface area contributed by atoms with Crippen LogP contribution in [0.15, 0.2) is 0 Å². The molecule has 0 spiro atoms. The molecule has 1 heterocycles. The molecule has 1 aliphatic rings. The maximum atomic E-state index is 10.8. The highest BCUT2D eigenvalue weighted by Crippen LogP contribution is 2.26. The van der Waals surface area contributed by atoms with Gasteiger partial charge in [0.1, 0.15) is 12.2 Å². The largest absolute Gasteiger partial charge is 0.479 e. The van der Waals surface area contributed by atoms with Gasteiger partial charge in [0.2, 0.25) is 0 Å². The van der Waals surface area contributed by atoms with Gasteiger partial charge in [0.25, 0.3) is 0 Å². The Kier molecular flexibility index (Phi) is 7.13. The van der Waals surface area contributed by atoms with Gasteiger partial charge in [-0.3, -0.25) is 0 Å². The van der Waals surface area contributed by atoms with Crippen molar-refractivity contribution in [2.45, 2.75) is 75.7 Å². The van der Waals surface area contributed by atoms with E-state index in [1.54, 1.807) is 0 Å². The number of rotatable bonds is 7. The second-order valence-corrected chi connectivity index (χ2v) is 5.56. The number of ether oxygens (including phenoxy) is 2. The van der Waals surface area contributed by atoms with Crippen molar-refractivity contribution in [1.29, 1.82) is 0 Å². The summed E-state index contributed by atoms with van der Waals surface area (Å²) >= 11 is 0. The molecule has 1 aliphatic heterocycles. The van der Waals surface area contributed by atoms with E-state index in [1.165, 1.54) is 13.8 Å². The van der Waals surface area contributed by atoms with Crippen molar-refractivity contribution < 1.29 is 44.9 Å². The Morgan fingerprint density at radius 3 is 2.36 bits per heavy atom. The van der Waals surface area contributed by atoms with E-state index >= 15 is 0 Å². The fraction of sp³-hybridized carbons (Fsp3) is 0.923. The van der Waals surface area contributed by atoms with Gasteiger partial charge in [-0.2, -0.15) is 0 Å². The molecular formula is C13H24O9. The summed E-state index contributed by atoms with van der Waals surface area (Å²) in [5.74, 6) is -1.20. The summed E-state index contributed by atoms with van der Waals surface area (Å²) < 4.78 is 10.4. The average molecular weight is 324 g/mol. The summed E-state index contributed by atoms with van der Waals surface area (Å²) in [5.41, 5.74) is 0. The zero-order valence-corrected chi connectivity index (χ0v) is 12.4. The Bertz CT molecular complexity index is 361. The molecule has 22 heavy (non-hydrogen) atoms. The second-order valence-electron chi connectivity index (χ2n) is 5.56. The topological polar surface area (TPSA) is 157 Å². The molecule has 0 aromatic carbocycles. The van der Waals surface area contributed by atoms with Gasteiger partial charge < -0.3 is 40.1 Å². The number of hydrogen-bond acceptors (Lipinski definition) is 8. The molecule has 0 aromatic heterocycles. The number of hydrogen-bond donors (Lipinski definition) is 6. The molecule has 1 unspecified atom stereocenters. The lowest BCUT2D eigenvalue weighted by Gasteiger charge is -2.39. The SMILES string of the molecule is C[C@@H](O[C@H]1C[C@@H](O)C(O)O[C@H]1C[C@H](O)[C@H](O)[C@@H](C)O)C(=O)O. The number of carbonyl (C=O) groups is 1. The van der Waals surface area contributed by atoms with Gasteiger partial charge in [-0.05, 0) is 13.8 Å². The van der Waals surface area contributed by atoms with Crippen molar-refractivity contribution in [2.24, 2.45) is 0 Å². The highest BCUT2D eigenvalue weighted by molar-refractivity contribution is 5.71. The van der Waals surface area contributed by atoms with Crippen LogP contribution in [0.2, 0.25) is 0 Å². The first kappa shape index (κ1) is 19.2. The third-order valence-electron chi connectivity index (χ3n) is 3.62. The number of carboxylic acid groups (broad SMARTS) is 1. The Morgan fingerprint density at radius 2 is 1.86 bits per heavy atom. The van der Waals surface area contributed by atoms with E-state index in [4.69, 9.17) is 14.6 Å². The van der Waals surface area contributed by atoms with E-state index < -0.39 is 55.0 Å². The summed E-state index contributed by atoms with van der Waals surface area (Å²) in [6.07, 6.45) is -9.99. The summed E-state index contributed by atoms with van der Waals surface area (Å²) in [5, 5.41) is 56.7. The molecule has 0 aromatic rings. The van der Waals surface area contributed by atoms with Crippen molar-refractivity contribution in [3.63, 3.8) is 0 Å². The molecule has 0 bridgehead atoms. The number of aliphatic hydroxyl groups is 5. The minimum atomic E-state index is -1.50. The Balaban J connectivity index is 2.74. The van der Waals surface area contributed by atoms with E-state index in [2.05, 4.69) is 0 Å². The third kappa shape index (κ3) is 5.13. The lowest BCUT2D eigenvalue weighted by molar-refractivity contribution is -0.264. The van der Waals surface area contributed by atoms with Gasteiger partial charge in [0.05, 0.1) is 24.4 Å². The molecule has 0 aliphatic carbocycles. The standard InChI is InChI=1S/C13H24O9/c1-5(14)11(17)7(15)3-10-9(21-6(2)12(18)19)4-8(16)13(20)22-10/h5-11,13-17,20H,3-4H2,1-2H3,(H,18,19)/t5-,6-,7+,8-,9+,10+,11-,13?/m1/s1. The molecule has 0 saturated carbocycles. The third-order valence-corrected chi connectivity index (χ3v) is 3.62. The summed E-state index contributed by atoms with van der Waals surface area (Å²) in [6.45, 7) is 2.60. The average Bonchev–Trinajstić information content (AvgIpc) is 2.42. The van der Waals surface area contributed by atoms with Crippen LogP contribution >= 0.6 is 0 Å². The highest BCUT2D eigenvalue weighted by atomic mass is 16.6. The predicted octanol–water partition coefficient (Wildman–Crippen LogP) is -2.19. The minimum Gasteiger partial charge on any atom is -0.479 e. The molecule has 6 N–H and O–H groups in total. The normalized spacial score (nSPS) is 34.7. The maximum Gasteiger partial charge on any atom is 0.332 e. The van der Waals surface area contributed by atoms with E-state index in [9.17, 15) is 30.3 Å². The van der Waals surface area contributed by atoms with Crippen molar-refractivity contribution in [3.8, 4) is 0 Å². The van der Waals surface area contributed by atoms with E-state index in [0.717, 1.165) is 0 Å². The molecule has 130 valence electrons. The Morgan fingerprint density at radius 1 is 1.27 bits per heavy atom. The van der Waals surface area contributed by atoms with Crippen LogP contribution in [0.3, 0.4) is 0 Å². The van der Waals surface area contributed by atoms with E-state index in [-0.39, 0.29) is 12.8 Å². The van der Waals surface area contributed by atoms with Gasteiger partial charge in [-0.25, -0.2) is 4.79 Å². The molecule has 8 atom stereocenters. The van der Waals surface area contributed by atoms with Crippen molar-refractivity contribution in [2.75, 3.05) is 0 Å². The highest BCUT2D eigenvalue weighted by Gasteiger charge is 2.40. The first-order valence-electron chi connectivity index (χ1n) is 7.07. The zero-order chi connectivity index (χ0) is 17.0. The zero-order valence-electron chi connectivity index (χ0n) is 12.4. The molecule has 9 heteroatoms. The van der Waals surface area contributed by atoms with Crippen molar-refractivity contribution in [3.05, 3.63) is 0 Å². The van der Waals surface area contributed by atoms with Crippen LogP contribution in [0.4, 0.5) is 0 Å². The van der Waals surface area contributed by atoms with Crippen LogP contribution in [0.5, 0.6) is 0 Å². The van der Waals surface area contributed by atoms with E-state index in [0.29, 0.717) is 0 Å². The van der Waals surface area contributed by atoms with Crippen LogP contribution in [0.1, 0.15) is 26.7 Å². The minimum absolute atomic E-state index is 0.0824. The van der Waals surface area contributed by atoms with Crippen molar-refractivity contribution in [1.82, 2.24) is 0 Å². The van der Waals surface area contributed by atoms with Gasteiger partial charge >= 0.3 is 5.97 Å². The quantitative estimate of drug-likeness (QED) is 0.306. The van der Waals surface area contributed by atoms with Crippen LogP contribution in [0, 0.1) is 0 Å². The molecule has 1 fully saturated rings. The summed E-state index contributed by atoms with van der Waals surface area (Å²) in [4.78, 5) is 10.8. The maximum absolute atomic E-state index is 10.8. The summed E-state index contributed by atoms with van der Waals surface area (Å²) in [7, 11) is 0. The molecule has 1 saturated heterocycles. The van der Waals surface area contributed by atoms with Gasteiger partial charge in [0.15, 0.2) is 12.4 Å². The fourth-order valence-corrected chi connectivity index (χ4v) is 2.23. The first-order valence-corrected chi connectivity index (χ1v) is 7.07. The molecule has 0 radical (unpaired) electrons. The number of aliphatic carboxylic acids is 1. The van der Waals surface area contributed by atoms with Crippen LogP contribution in [-0.4, -0.2) is 85.6 Å². The second kappa shape index (κ2) is 8.16. The summed E-state index contributed by atoms with van der Waals surface area (Å²) in [6, 6.07) is 0. The van der Waals surface area contributed by atoms with Crippen LogP contribution < -0.4 is 0 Å². The number of carboxylic acids is 1. The predicted molar refractivity (Wildman–Crippen MR) is 71.8 cm³/mol. The van der Waals surface area contributed by atoms with Crippen molar-refractivity contribution >= 4 is 5.97 Å². The van der Waals surface area contributed by atoms with Crippen LogP contribution in [-0.2, 0) is 14.3 Å². The smallest absolute Gasteiger partial charge is 0.332 e. The lowest BCUT2D eigenvalue weighted by atomic mass is 9.94. The monoisotopic (exact) mass is 324 g/mol. The fourth-order valence-electron chi connectivity index (χ4n) is 2.23. The number of aliphatic hydroxyl groups excluding tert-OH is 5. The Labute approximate surface area is 127 Å². The molecule has 9 nitrogen and oxygen atoms in total. The molecule has 1 rings (SSSR count).